The largest absolute Gasteiger partial charge is 0.459 e. The zero-order valence-electron chi connectivity index (χ0n) is 12.3. The molecule has 5 nitrogen and oxygen atoms in total. The van der Waals surface area contributed by atoms with Crippen molar-refractivity contribution in [2.75, 3.05) is 11.5 Å². The van der Waals surface area contributed by atoms with E-state index in [0.29, 0.717) is 11.4 Å². The lowest BCUT2D eigenvalue weighted by Gasteiger charge is -2.28. The first-order valence-corrected chi connectivity index (χ1v) is 9.44. The van der Waals surface area contributed by atoms with Crippen molar-refractivity contribution in [1.82, 2.24) is 4.90 Å². The maximum atomic E-state index is 12.7. The molecule has 0 saturated carbocycles. The zero-order valence-corrected chi connectivity index (χ0v) is 13.9. The van der Waals surface area contributed by atoms with E-state index in [2.05, 4.69) is 0 Å². The number of nitrogens with zero attached hydrogens (tertiary/aromatic N) is 1. The van der Waals surface area contributed by atoms with Gasteiger partial charge in [-0.25, -0.2) is 8.42 Å². The molecule has 1 atom stereocenters. The van der Waals surface area contributed by atoms with E-state index >= 15 is 0 Å². The summed E-state index contributed by atoms with van der Waals surface area (Å²) in [5, 5.41) is 0.547. The summed E-state index contributed by atoms with van der Waals surface area (Å²) in [5.41, 5.74) is 0.776. The van der Waals surface area contributed by atoms with Gasteiger partial charge < -0.3 is 9.32 Å². The van der Waals surface area contributed by atoms with Crippen LogP contribution in [0.4, 0.5) is 0 Å². The Hall–Kier alpha value is -1.79. The van der Waals surface area contributed by atoms with Gasteiger partial charge in [-0.2, -0.15) is 0 Å². The molecule has 0 bridgehead atoms. The van der Waals surface area contributed by atoms with Crippen molar-refractivity contribution in [3.8, 4) is 0 Å². The molecule has 0 N–H and O–H groups in total. The minimum Gasteiger partial charge on any atom is -0.459 e. The molecule has 1 aliphatic heterocycles. The fourth-order valence-electron chi connectivity index (χ4n) is 2.74. The van der Waals surface area contributed by atoms with Gasteiger partial charge in [0, 0.05) is 17.6 Å². The van der Waals surface area contributed by atoms with Crippen molar-refractivity contribution in [2.24, 2.45) is 0 Å². The van der Waals surface area contributed by atoms with E-state index in [0.717, 1.165) is 5.56 Å². The van der Waals surface area contributed by atoms with Crippen molar-refractivity contribution in [3.63, 3.8) is 0 Å². The summed E-state index contributed by atoms with van der Waals surface area (Å²) in [6.45, 7) is 0.249. The third-order valence-corrected chi connectivity index (χ3v) is 6.06. The molecule has 0 aliphatic carbocycles. The Labute approximate surface area is 139 Å². The van der Waals surface area contributed by atoms with Gasteiger partial charge in [-0.3, -0.25) is 4.79 Å². The van der Waals surface area contributed by atoms with Crippen LogP contribution in [0.15, 0.2) is 47.1 Å². The van der Waals surface area contributed by atoms with Gasteiger partial charge in [0.1, 0.15) is 0 Å². The fraction of sp³-hybridized carbons (Fsp3) is 0.312. The summed E-state index contributed by atoms with van der Waals surface area (Å²) in [7, 11) is -3.10. The topological polar surface area (TPSA) is 67.6 Å². The standard InChI is InChI=1S/C16H16ClNO4S/c17-14-5-2-1-4-12(14)10-18(13-7-9-23(20,21)11-13)16(19)15-6-3-8-22-15/h1-6,8,13H,7,9-11H2/t13-/m0/s1. The van der Waals surface area contributed by atoms with Gasteiger partial charge in [-0.15, -0.1) is 0 Å². The number of benzene rings is 1. The molecule has 122 valence electrons. The van der Waals surface area contributed by atoms with Gasteiger partial charge in [-0.05, 0) is 30.2 Å². The summed E-state index contributed by atoms with van der Waals surface area (Å²) >= 11 is 6.18. The number of hydrogen-bond acceptors (Lipinski definition) is 4. The number of rotatable bonds is 4. The molecule has 3 rings (SSSR count). The van der Waals surface area contributed by atoms with Crippen molar-refractivity contribution < 1.29 is 17.6 Å². The van der Waals surface area contributed by atoms with Crippen LogP contribution in [0.2, 0.25) is 5.02 Å². The highest BCUT2D eigenvalue weighted by Crippen LogP contribution is 2.25. The third-order valence-electron chi connectivity index (χ3n) is 3.94. The van der Waals surface area contributed by atoms with Crippen LogP contribution in [-0.4, -0.2) is 36.8 Å². The highest BCUT2D eigenvalue weighted by Gasteiger charge is 2.36. The van der Waals surface area contributed by atoms with Gasteiger partial charge in [0.2, 0.25) is 0 Å². The molecule has 1 saturated heterocycles. The molecule has 2 heterocycles. The van der Waals surface area contributed by atoms with Crippen LogP contribution in [0.5, 0.6) is 0 Å². The van der Waals surface area contributed by atoms with Crippen LogP contribution in [0.1, 0.15) is 22.5 Å². The lowest BCUT2D eigenvalue weighted by molar-refractivity contribution is 0.0648. The Morgan fingerprint density at radius 1 is 1.26 bits per heavy atom. The quantitative estimate of drug-likeness (QED) is 0.847. The summed E-state index contributed by atoms with van der Waals surface area (Å²) in [5.74, 6) is -0.0511. The molecule has 2 aromatic rings. The van der Waals surface area contributed by atoms with Gasteiger partial charge in [0.25, 0.3) is 5.91 Å². The predicted molar refractivity (Wildman–Crippen MR) is 87.1 cm³/mol. The van der Waals surface area contributed by atoms with Crippen molar-refractivity contribution in [3.05, 3.63) is 59.0 Å². The first kappa shape index (κ1) is 16.1. The van der Waals surface area contributed by atoms with Crippen LogP contribution in [0, 0.1) is 0 Å². The SMILES string of the molecule is O=C(c1ccco1)N(Cc1ccccc1Cl)[C@H]1CCS(=O)(=O)C1. The van der Waals surface area contributed by atoms with E-state index in [1.54, 1.807) is 23.1 Å². The monoisotopic (exact) mass is 353 g/mol. The van der Waals surface area contributed by atoms with Crippen LogP contribution in [0.25, 0.3) is 0 Å². The van der Waals surface area contributed by atoms with Gasteiger partial charge in [-0.1, -0.05) is 29.8 Å². The second-order valence-electron chi connectivity index (χ2n) is 5.56. The second kappa shape index (κ2) is 6.37. The number of carbonyl (C=O) groups excluding carboxylic acids is 1. The number of furan rings is 1. The summed E-state index contributed by atoms with van der Waals surface area (Å²) in [6.07, 6.45) is 1.85. The number of amides is 1. The molecular weight excluding hydrogens is 338 g/mol. The predicted octanol–water partition coefficient (Wildman–Crippen LogP) is 2.76. The molecule has 23 heavy (non-hydrogen) atoms. The first-order valence-electron chi connectivity index (χ1n) is 7.24. The smallest absolute Gasteiger partial charge is 0.290 e. The minimum atomic E-state index is -3.10. The maximum absolute atomic E-state index is 12.7. The van der Waals surface area contributed by atoms with E-state index in [1.165, 1.54) is 6.26 Å². The third kappa shape index (κ3) is 3.59. The molecule has 1 aliphatic rings. The highest BCUT2D eigenvalue weighted by atomic mass is 35.5. The van der Waals surface area contributed by atoms with E-state index in [9.17, 15) is 13.2 Å². The van der Waals surface area contributed by atoms with Gasteiger partial charge in [0.05, 0.1) is 17.8 Å². The fourth-order valence-corrected chi connectivity index (χ4v) is 4.67. The first-order chi connectivity index (χ1) is 11.0. The van der Waals surface area contributed by atoms with E-state index in [4.69, 9.17) is 16.0 Å². The molecule has 0 spiro atoms. The van der Waals surface area contributed by atoms with Gasteiger partial charge >= 0.3 is 0 Å². The lowest BCUT2D eigenvalue weighted by Crippen LogP contribution is -2.40. The molecule has 7 heteroatoms. The molecule has 1 aromatic carbocycles. The lowest BCUT2D eigenvalue weighted by atomic mass is 10.1. The number of halogens is 1. The number of sulfone groups is 1. The molecule has 0 unspecified atom stereocenters. The Bertz CT molecular complexity index is 801. The Balaban J connectivity index is 1.90. The maximum Gasteiger partial charge on any atom is 0.290 e. The zero-order chi connectivity index (χ0) is 16.4. The summed E-state index contributed by atoms with van der Waals surface area (Å²) in [6, 6.07) is 10.1. The van der Waals surface area contributed by atoms with E-state index in [-0.39, 0.29) is 35.8 Å². The average Bonchev–Trinajstić information content (AvgIpc) is 3.15. The van der Waals surface area contributed by atoms with Crippen LogP contribution in [-0.2, 0) is 16.4 Å². The number of carbonyl (C=O) groups is 1. The average molecular weight is 354 g/mol. The van der Waals surface area contributed by atoms with Crippen LogP contribution in [0.3, 0.4) is 0 Å². The Morgan fingerprint density at radius 3 is 2.65 bits per heavy atom. The second-order valence-corrected chi connectivity index (χ2v) is 8.19. The normalized spacial score (nSPS) is 19.6. The molecular formula is C16H16ClNO4S. The van der Waals surface area contributed by atoms with Crippen LogP contribution >= 0.6 is 11.6 Å². The summed E-state index contributed by atoms with van der Waals surface area (Å²) in [4.78, 5) is 14.3. The molecule has 1 aromatic heterocycles. The van der Waals surface area contributed by atoms with Crippen LogP contribution < -0.4 is 0 Å². The Kier molecular flexibility index (Phi) is 4.46. The molecule has 1 amide bonds. The Morgan fingerprint density at radius 2 is 2.04 bits per heavy atom. The number of hydrogen-bond donors (Lipinski definition) is 0. The van der Waals surface area contributed by atoms with Crippen molar-refractivity contribution in [1.29, 1.82) is 0 Å². The molecule has 1 fully saturated rings. The van der Waals surface area contributed by atoms with E-state index in [1.807, 2.05) is 18.2 Å². The van der Waals surface area contributed by atoms with Crippen molar-refractivity contribution in [2.45, 2.75) is 19.0 Å². The highest BCUT2D eigenvalue weighted by molar-refractivity contribution is 7.91. The van der Waals surface area contributed by atoms with E-state index < -0.39 is 9.84 Å². The van der Waals surface area contributed by atoms with Crippen molar-refractivity contribution >= 4 is 27.3 Å². The minimum absolute atomic E-state index is 0.0239. The molecule has 0 radical (unpaired) electrons. The summed E-state index contributed by atoms with van der Waals surface area (Å²) < 4.78 is 28.8. The van der Waals surface area contributed by atoms with Gasteiger partial charge in [0.15, 0.2) is 15.6 Å².